The van der Waals surface area contributed by atoms with E-state index in [-0.39, 0.29) is 0 Å². The Labute approximate surface area is 156 Å². The maximum Gasteiger partial charge on any atom is 0.460 e. The molecular formula is C9F17NO3S. The van der Waals surface area contributed by atoms with Crippen LogP contribution in [-0.4, -0.2) is 61.5 Å². The van der Waals surface area contributed by atoms with Gasteiger partial charge in [0.2, 0.25) is 0 Å². The van der Waals surface area contributed by atoms with Crippen molar-refractivity contribution in [3.8, 4) is 0 Å². The van der Waals surface area contributed by atoms with E-state index in [9.17, 15) is 87.8 Å². The van der Waals surface area contributed by atoms with Crippen LogP contribution in [-0.2, 0) is 14.8 Å². The quantitative estimate of drug-likeness (QED) is 0.264. The Morgan fingerprint density at radius 1 is 0.484 bits per heavy atom. The molecule has 0 aromatic rings. The van der Waals surface area contributed by atoms with E-state index in [0.717, 1.165) is 4.40 Å². The van der Waals surface area contributed by atoms with E-state index < -0.39 is 63.1 Å². The fourth-order valence-electron chi connectivity index (χ4n) is 1.42. The highest BCUT2D eigenvalue weighted by atomic mass is 32.2. The first kappa shape index (κ1) is 29.1. The van der Waals surface area contributed by atoms with Gasteiger partial charge in [-0.15, -0.1) is 0 Å². The molecular weight excluding hydrogens is 525 g/mol. The Morgan fingerprint density at radius 2 is 0.742 bits per heavy atom. The van der Waals surface area contributed by atoms with Crippen LogP contribution in [0.2, 0.25) is 0 Å². The molecule has 0 heterocycles. The molecule has 0 saturated heterocycles. The van der Waals surface area contributed by atoms with E-state index in [4.69, 9.17) is 0 Å². The molecule has 22 heteroatoms. The van der Waals surface area contributed by atoms with Gasteiger partial charge in [-0.2, -0.15) is 83.1 Å². The van der Waals surface area contributed by atoms with Crippen LogP contribution >= 0.6 is 0 Å². The largest absolute Gasteiger partial charge is 0.460 e. The number of carbonyl (C=O) groups excluding carboxylic acids is 1. The van der Waals surface area contributed by atoms with Gasteiger partial charge in [0.05, 0.1) is 0 Å². The van der Waals surface area contributed by atoms with Crippen LogP contribution < -0.4 is 0 Å². The number of alkyl halides is 17. The Kier molecular flexibility index (Phi) is 6.65. The number of isocyanates is 1. The lowest BCUT2D eigenvalue weighted by molar-refractivity contribution is -0.458. The molecule has 0 amide bonds. The van der Waals surface area contributed by atoms with E-state index in [0.29, 0.717) is 0 Å². The van der Waals surface area contributed by atoms with Crippen molar-refractivity contribution in [1.29, 1.82) is 0 Å². The van der Waals surface area contributed by atoms with Crippen molar-refractivity contribution < 1.29 is 87.8 Å². The molecule has 0 spiro atoms. The number of nitrogens with zero attached hydrogens (tertiary/aromatic N) is 1. The smallest absolute Gasteiger partial charge is 0.210 e. The molecule has 4 nitrogen and oxygen atoms in total. The minimum Gasteiger partial charge on any atom is -0.210 e. The zero-order chi connectivity index (χ0) is 25.9. The number of hydrogen-bond acceptors (Lipinski definition) is 3. The molecule has 0 radical (unpaired) electrons. The van der Waals surface area contributed by atoms with E-state index in [2.05, 4.69) is 0 Å². The Bertz CT molecular complexity index is 851. The first-order valence-electron chi connectivity index (χ1n) is 6.11. The highest BCUT2D eigenvalue weighted by Crippen LogP contribution is 2.64. The van der Waals surface area contributed by atoms with Gasteiger partial charge in [0.15, 0.2) is 0 Å². The summed E-state index contributed by atoms with van der Waals surface area (Å²) in [4.78, 5) is 9.54. The van der Waals surface area contributed by atoms with Crippen molar-refractivity contribution in [1.82, 2.24) is 0 Å². The van der Waals surface area contributed by atoms with Gasteiger partial charge in [-0.1, -0.05) is 4.40 Å². The summed E-state index contributed by atoms with van der Waals surface area (Å²) in [6, 6.07) is 0. The summed E-state index contributed by atoms with van der Waals surface area (Å²) in [5.74, 6) is -52.1. The lowest BCUT2D eigenvalue weighted by Gasteiger charge is -2.42. The van der Waals surface area contributed by atoms with E-state index >= 15 is 0 Å². The minimum atomic E-state index is -8.93. The zero-order valence-electron chi connectivity index (χ0n) is 13.0. The van der Waals surface area contributed by atoms with Gasteiger partial charge in [0.1, 0.15) is 0 Å². The third kappa shape index (κ3) is 3.50. The molecule has 0 atom stereocenters. The minimum absolute atomic E-state index is 0.484. The molecule has 0 aliphatic heterocycles. The lowest BCUT2D eigenvalue weighted by Crippen LogP contribution is -2.74. The molecule has 31 heavy (non-hydrogen) atoms. The number of sulfonamides is 1. The SMILES string of the molecule is O=C=NS(=O)(=O)C(F)(F)C(F)(F)C(F)(F)C(F)(F)C(F)(F)C(F)(F)C(F)(F)C(F)(F)F. The molecule has 0 bridgehead atoms. The Hall–Kier alpha value is -1.86. The van der Waals surface area contributed by atoms with Crippen molar-refractivity contribution >= 4 is 16.1 Å². The topological polar surface area (TPSA) is 63.6 Å². The van der Waals surface area contributed by atoms with Gasteiger partial charge in [0.25, 0.3) is 6.08 Å². The molecule has 0 aliphatic carbocycles. The highest BCUT2D eigenvalue weighted by Gasteiger charge is 2.96. The van der Waals surface area contributed by atoms with Crippen LogP contribution in [0.4, 0.5) is 74.6 Å². The molecule has 0 aromatic heterocycles. The van der Waals surface area contributed by atoms with Crippen LogP contribution in [0, 0.1) is 0 Å². The number of rotatable bonds is 8. The summed E-state index contributed by atoms with van der Waals surface area (Å²) < 4.78 is 240. The third-order valence-electron chi connectivity index (χ3n) is 3.17. The maximum absolute atomic E-state index is 13.2. The van der Waals surface area contributed by atoms with Crippen molar-refractivity contribution in [2.45, 2.75) is 47.0 Å². The molecule has 0 N–H and O–H groups in total. The summed E-state index contributed by atoms with van der Waals surface area (Å²) in [5.41, 5.74) is 0. The maximum atomic E-state index is 13.2. The monoisotopic (exact) mass is 525 g/mol. The first-order chi connectivity index (χ1) is 13.1. The molecule has 184 valence electrons. The van der Waals surface area contributed by atoms with E-state index in [1.165, 1.54) is 0 Å². The summed E-state index contributed by atoms with van der Waals surface area (Å²) in [6.45, 7) is 0. The van der Waals surface area contributed by atoms with Gasteiger partial charge < -0.3 is 0 Å². The van der Waals surface area contributed by atoms with Crippen LogP contribution in [0.25, 0.3) is 0 Å². The van der Waals surface area contributed by atoms with E-state index in [1.807, 2.05) is 0 Å². The molecule has 0 fully saturated rings. The average molecular weight is 525 g/mol. The summed E-state index contributed by atoms with van der Waals surface area (Å²) in [6.07, 6.45) is -8.39. The second-order valence-electron chi connectivity index (χ2n) is 5.12. The summed E-state index contributed by atoms with van der Waals surface area (Å²) in [7, 11) is -7.70. The van der Waals surface area contributed by atoms with E-state index in [1.54, 1.807) is 0 Å². The second kappa shape index (κ2) is 7.07. The van der Waals surface area contributed by atoms with Crippen LogP contribution in [0.1, 0.15) is 0 Å². The lowest BCUT2D eigenvalue weighted by atomic mass is 9.91. The molecule has 0 rings (SSSR count). The van der Waals surface area contributed by atoms with Crippen molar-refractivity contribution in [3.63, 3.8) is 0 Å². The molecule has 0 aromatic carbocycles. The fraction of sp³-hybridized carbons (Fsp3) is 0.889. The Morgan fingerprint density at radius 3 is 1.00 bits per heavy atom. The third-order valence-corrected chi connectivity index (χ3v) is 4.39. The van der Waals surface area contributed by atoms with Crippen LogP contribution in [0.5, 0.6) is 0 Å². The van der Waals surface area contributed by atoms with Crippen molar-refractivity contribution in [2.75, 3.05) is 0 Å². The number of hydrogen-bond donors (Lipinski definition) is 0. The van der Waals surface area contributed by atoms with Crippen LogP contribution in [0.15, 0.2) is 4.40 Å². The number of halogens is 17. The fourth-order valence-corrected chi connectivity index (χ4v) is 2.08. The predicted molar refractivity (Wildman–Crippen MR) is 57.7 cm³/mol. The standard InChI is InChI=1S/C9F17NO3S/c10-2(11,4(14,15)6(18,19)8(22,23)24)3(12,13)5(16,17)7(20,21)9(25,26)31(29,30)27-1-28. The summed E-state index contributed by atoms with van der Waals surface area (Å²) in [5, 5.41) is -7.82. The zero-order valence-corrected chi connectivity index (χ0v) is 13.8. The first-order valence-corrected chi connectivity index (χ1v) is 7.55. The van der Waals surface area contributed by atoms with Gasteiger partial charge >= 0.3 is 57.0 Å². The van der Waals surface area contributed by atoms with Crippen LogP contribution in [0.3, 0.4) is 0 Å². The highest BCUT2D eigenvalue weighted by molar-refractivity contribution is 7.91. The normalized spacial score (nSPS) is 16.2. The molecule has 0 aliphatic rings. The summed E-state index contributed by atoms with van der Waals surface area (Å²) >= 11 is 0. The molecule has 0 saturated carbocycles. The van der Waals surface area contributed by atoms with Gasteiger partial charge in [-0.25, -0.2) is 4.79 Å². The predicted octanol–water partition coefficient (Wildman–Crippen LogP) is 4.62. The molecule has 0 unspecified atom stereocenters. The van der Waals surface area contributed by atoms with Gasteiger partial charge in [-0.3, -0.25) is 0 Å². The van der Waals surface area contributed by atoms with Crippen molar-refractivity contribution in [3.05, 3.63) is 0 Å². The average Bonchev–Trinajstić information content (AvgIpc) is 2.52. The second-order valence-corrected chi connectivity index (χ2v) is 6.76. The van der Waals surface area contributed by atoms with Crippen molar-refractivity contribution in [2.24, 2.45) is 4.40 Å². The Balaban J connectivity index is 7.02. The van der Waals surface area contributed by atoms with Gasteiger partial charge in [0, 0.05) is 0 Å². The van der Waals surface area contributed by atoms with Gasteiger partial charge in [-0.05, 0) is 0 Å².